The first-order valence-electron chi connectivity index (χ1n) is 9.86. The standard InChI is InChI=1S/C22H23FN4O3/c1-22(2)21(30)25-16-6-3-4-7-18(16)27(22)20(29)13-24-14-9-10-17(15(23)12-14)26-11-5-8-19(26)28/h3-4,6-7,9-10,12,24H,5,8,11,13H2,1-2H3,(H,25,30). The van der Waals surface area contributed by atoms with E-state index in [9.17, 15) is 18.8 Å². The van der Waals surface area contributed by atoms with E-state index in [0.29, 0.717) is 36.4 Å². The van der Waals surface area contributed by atoms with Crippen molar-refractivity contribution in [3.63, 3.8) is 0 Å². The van der Waals surface area contributed by atoms with Crippen LogP contribution in [0.2, 0.25) is 0 Å². The number of carbonyl (C=O) groups excluding carboxylic acids is 3. The summed E-state index contributed by atoms with van der Waals surface area (Å²) in [5.74, 6) is -1.21. The zero-order valence-electron chi connectivity index (χ0n) is 16.9. The number of para-hydroxylation sites is 2. The Kier molecular flexibility index (Phi) is 4.93. The normalized spacial score (nSPS) is 17.6. The van der Waals surface area contributed by atoms with E-state index in [1.165, 1.54) is 15.9 Å². The quantitative estimate of drug-likeness (QED) is 0.812. The van der Waals surface area contributed by atoms with E-state index in [4.69, 9.17) is 0 Å². The maximum atomic E-state index is 14.5. The van der Waals surface area contributed by atoms with Gasteiger partial charge in [0.05, 0.1) is 23.6 Å². The third-order valence-corrected chi connectivity index (χ3v) is 5.51. The molecule has 0 bridgehead atoms. The molecule has 0 atom stereocenters. The van der Waals surface area contributed by atoms with Crippen molar-refractivity contribution in [1.82, 2.24) is 0 Å². The van der Waals surface area contributed by atoms with Crippen molar-refractivity contribution in [2.75, 3.05) is 33.5 Å². The average Bonchev–Trinajstić information content (AvgIpc) is 3.12. The minimum absolute atomic E-state index is 0.0888. The summed E-state index contributed by atoms with van der Waals surface area (Å²) in [6, 6.07) is 11.6. The lowest BCUT2D eigenvalue weighted by atomic mass is 9.96. The molecule has 1 saturated heterocycles. The van der Waals surface area contributed by atoms with Gasteiger partial charge in [-0.15, -0.1) is 0 Å². The second-order valence-electron chi connectivity index (χ2n) is 7.93. The van der Waals surface area contributed by atoms with Gasteiger partial charge in [0.2, 0.25) is 17.7 Å². The van der Waals surface area contributed by atoms with E-state index in [0.717, 1.165) is 0 Å². The zero-order valence-corrected chi connectivity index (χ0v) is 16.9. The molecule has 0 saturated carbocycles. The molecule has 0 aromatic heterocycles. The van der Waals surface area contributed by atoms with Gasteiger partial charge in [-0.1, -0.05) is 12.1 Å². The van der Waals surface area contributed by atoms with Gasteiger partial charge >= 0.3 is 0 Å². The fourth-order valence-electron chi connectivity index (χ4n) is 3.89. The molecule has 0 radical (unpaired) electrons. The highest BCUT2D eigenvalue weighted by atomic mass is 19.1. The van der Waals surface area contributed by atoms with Gasteiger partial charge in [-0.25, -0.2) is 4.39 Å². The number of nitrogens with one attached hydrogen (secondary N) is 2. The van der Waals surface area contributed by atoms with E-state index in [1.807, 2.05) is 0 Å². The monoisotopic (exact) mass is 410 g/mol. The van der Waals surface area contributed by atoms with Gasteiger partial charge in [0.15, 0.2) is 0 Å². The molecule has 2 aliphatic rings. The number of halogens is 1. The molecular weight excluding hydrogens is 387 g/mol. The summed E-state index contributed by atoms with van der Waals surface area (Å²) in [6.07, 6.45) is 1.14. The highest BCUT2D eigenvalue weighted by Crippen LogP contribution is 2.36. The summed E-state index contributed by atoms with van der Waals surface area (Å²) in [5, 5.41) is 5.75. The van der Waals surface area contributed by atoms with Crippen LogP contribution in [0.4, 0.5) is 27.1 Å². The van der Waals surface area contributed by atoms with Crippen LogP contribution in [-0.2, 0) is 14.4 Å². The van der Waals surface area contributed by atoms with Crippen LogP contribution in [0.1, 0.15) is 26.7 Å². The van der Waals surface area contributed by atoms with Crippen LogP contribution in [0, 0.1) is 5.82 Å². The van der Waals surface area contributed by atoms with Gasteiger partial charge in [0.1, 0.15) is 11.4 Å². The predicted molar refractivity (Wildman–Crippen MR) is 113 cm³/mol. The Hall–Kier alpha value is -3.42. The number of hydrogen-bond acceptors (Lipinski definition) is 4. The van der Waals surface area contributed by atoms with Crippen molar-refractivity contribution >= 4 is 40.5 Å². The molecule has 2 aromatic carbocycles. The molecule has 2 N–H and O–H groups in total. The fourth-order valence-corrected chi connectivity index (χ4v) is 3.89. The number of amides is 3. The maximum absolute atomic E-state index is 14.5. The molecule has 4 rings (SSSR count). The van der Waals surface area contributed by atoms with Crippen LogP contribution in [-0.4, -0.2) is 36.3 Å². The molecule has 2 heterocycles. The fraction of sp³-hybridized carbons (Fsp3) is 0.318. The molecule has 0 unspecified atom stereocenters. The van der Waals surface area contributed by atoms with Crippen LogP contribution in [0.15, 0.2) is 42.5 Å². The molecule has 3 amide bonds. The van der Waals surface area contributed by atoms with Crippen LogP contribution < -0.4 is 20.4 Å². The first kappa shape index (κ1) is 19.9. The molecule has 1 fully saturated rings. The smallest absolute Gasteiger partial charge is 0.250 e. The number of rotatable bonds is 4. The van der Waals surface area contributed by atoms with Gasteiger partial charge in [-0.05, 0) is 50.6 Å². The third-order valence-electron chi connectivity index (χ3n) is 5.51. The van der Waals surface area contributed by atoms with E-state index in [1.54, 1.807) is 50.2 Å². The largest absolute Gasteiger partial charge is 0.376 e. The summed E-state index contributed by atoms with van der Waals surface area (Å²) in [7, 11) is 0. The molecule has 2 aliphatic heterocycles. The van der Waals surface area contributed by atoms with Crippen molar-refractivity contribution in [2.24, 2.45) is 0 Å². The number of hydrogen-bond donors (Lipinski definition) is 2. The Morgan fingerprint density at radius 3 is 2.63 bits per heavy atom. The first-order chi connectivity index (χ1) is 14.3. The number of fused-ring (bicyclic) bond motifs is 1. The summed E-state index contributed by atoms with van der Waals surface area (Å²) in [6.45, 7) is 3.74. The maximum Gasteiger partial charge on any atom is 0.250 e. The Bertz CT molecular complexity index is 1040. The zero-order chi connectivity index (χ0) is 21.5. The molecule has 30 heavy (non-hydrogen) atoms. The van der Waals surface area contributed by atoms with Crippen LogP contribution in [0.25, 0.3) is 0 Å². The highest BCUT2D eigenvalue weighted by molar-refractivity contribution is 6.14. The predicted octanol–water partition coefficient (Wildman–Crippen LogP) is 3.13. The van der Waals surface area contributed by atoms with Gasteiger partial charge in [0, 0.05) is 18.7 Å². The van der Waals surface area contributed by atoms with Crippen molar-refractivity contribution in [3.8, 4) is 0 Å². The lowest BCUT2D eigenvalue weighted by Crippen LogP contribution is -2.59. The van der Waals surface area contributed by atoms with Crippen LogP contribution in [0.3, 0.4) is 0 Å². The topological polar surface area (TPSA) is 81.8 Å². The molecule has 0 spiro atoms. The van der Waals surface area contributed by atoms with Crippen LogP contribution >= 0.6 is 0 Å². The summed E-state index contributed by atoms with van der Waals surface area (Å²) >= 11 is 0. The minimum atomic E-state index is -1.07. The Morgan fingerprint density at radius 1 is 1.17 bits per heavy atom. The van der Waals surface area contributed by atoms with E-state index < -0.39 is 11.4 Å². The summed E-state index contributed by atoms with van der Waals surface area (Å²) < 4.78 is 14.5. The second-order valence-corrected chi connectivity index (χ2v) is 7.93. The highest BCUT2D eigenvalue weighted by Gasteiger charge is 2.43. The van der Waals surface area contributed by atoms with Crippen molar-refractivity contribution in [3.05, 3.63) is 48.3 Å². The van der Waals surface area contributed by atoms with Gasteiger partial charge in [0.25, 0.3) is 0 Å². The Balaban J connectivity index is 1.51. The molecule has 8 heteroatoms. The molecular formula is C22H23FN4O3. The Labute approximate surface area is 173 Å². The molecule has 156 valence electrons. The minimum Gasteiger partial charge on any atom is -0.376 e. The second kappa shape index (κ2) is 7.44. The van der Waals surface area contributed by atoms with E-state index in [2.05, 4.69) is 10.6 Å². The number of benzene rings is 2. The SMILES string of the molecule is CC1(C)C(=O)Nc2ccccc2N1C(=O)CNc1ccc(N2CCCC2=O)c(F)c1. The van der Waals surface area contributed by atoms with Gasteiger partial charge < -0.3 is 15.5 Å². The van der Waals surface area contributed by atoms with E-state index >= 15 is 0 Å². The Morgan fingerprint density at radius 2 is 1.93 bits per heavy atom. The lowest BCUT2D eigenvalue weighted by molar-refractivity contribution is -0.125. The van der Waals surface area contributed by atoms with Gasteiger partial charge in [-0.2, -0.15) is 0 Å². The summed E-state index contributed by atoms with van der Waals surface area (Å²) in [4.78, 5) is 40.3. The van der Waals surface area contributed by atoms with Gasteiger partial charge in [-0.3, -0.25) is 19.3 Å². The van der Waals surface area contributed by atoms with Crippen molar-refractivity contribution in [1.29, 1.82) is 0 Å². The molecule has 2 aromatic rings. The molecule has 0 aliphatic carbocycles. The van der Waals surface area contributed by atoms with Crippen molar-refractivity contribution < 1.29 is 18.8 Å². The van der Waals surface area contributed by atoms with E-state index in [-0.39, 0.29) is 30.0 Å². The average molecular weight is 410 g/mol. The van der Waals surface area contributed by atoms with Crippen LogP contribution in [0.5, 0.6) is 0 Å². The first-order valence-corrected chi connectivity index (χ1v) is 9.86. The number of nitrogens with zero attached hydrogens (tertiary/aromatic N) is 2. The number of anilines is 4. The molecule has 7 nitrogen and oxygen atoms in total. The van der Waals surface area contributed by atoms with Crippen molar-refractivity contribution in [2.45, 2.75) is 32.2 Å². The third kappa shape index (κ3) is 3.38. The lowest BCUT2D eigenvalue weighted by Gasteiger charge is -2.42. The number of carbonyl (C=O) groups is 3. The summed E-state index contributed by atoms with van der Waals surface area (Å²) in [5.41, 5.74) is 0.781.